The highest BCUT2D eigenvalue weighted by Crippen LogP contribution is 2.45. The summed E-state index contributed by atoms with van der Waals surface area (Å²) in [5, 5.41) is 14.0. The molecule has 1 fully saturated rings. The van der Waals surface area contributed by atoms with Gasteiger partial charge in [-0.15, -0.1) is 0 Å². The van der Waals surface area contributed by atoms with Gasteiger partial charge in [-0.1, -0.05) is 0 Å². The van der Waals surface area contributed by atoms with Gasteiger partial charge < -0.3 is 14.8 Å². The van der Waals surface area contributed by atoms with E-state index in [9.17, 15) is 14.9 Å². The van der Waals surface area contributed by atoms with Crippen molar-refractivity contribution in [3.63, 3.8) is 0 Å². The predicted molar refractivity (Wildman–Crippen MR) is 73.9 cm³/mol. The van der Waals surface area contributed by atoms with Gasteiger partial charge >= 0.3 is 5.97 Å². The molecule has 7 heteroatoms. The van der Waals surface area contributed by atoms with Crippen molar-refractivity contribution in [2.75, 3.05) is 18.5 Å². The van der Waals surface area contributed by atoms with Crippen LogP contribution in [0.25, 0.3) is 0 Å². The summed E-state index contributed by atoms with van der Waals surface area (Å²) >= 11 is 0. The third-order valence-electron chi connectivity index (χ3n) is 3.97. The Bertz CT molecular complexity index is 589. The topological polar surface area (TPSA) is 90.7 Å². The van der Waals surface area contributed by atoms with Crippen LogP contribution >= 0.6 is 0 Å². The zero-order chi connectivity index (χ0) is 15.0. The number of carbonyl (C=O) groups is 1. The molecule has 0 aliphatic carbocycles. The van der Waals surface area contributed by atoms with Gasteiger partial charge in [0.05, 0.1) is 17.6 Å². The lowest BCUT2D eigenvalue weighted by Gasteiger charge is -2.34. The minimum atomic E-state index is -0.466. The van der Waals surface area contributed by atoms with Crippen LogP contribution in [-0.4, -0.2) is 30.1 Å². The number of rotatable bonds is 3. The Morgan fingerprint density at radius 3 is 3.10 bits per heavy atom. The largest absolute Gasteiger partial charge is 0.464 e. The molecule has 3 unspecified atom stereocenters. The Kier molecular flexibility index (Phi) is 3.50. The summed E-state index contributed by atoms with van der Waals surface area (Å²) in [6, 6.07) is 4.10. The predicted octanol–water partition coefficient (Wildman–Crippen LogP) is 2.03. The molecule has 1 saturated heterocycles. The Labute approximate surface area is 121 Å². The van der Waals surface area contributed by atoms with Crippen LogP contribution in [0.3, 0.4) is 0 Å². The van der Waals surface area contributed by atoms with E-state index in [4.69, 9.17) is 9.47 Å². The van der Waals surface area contributed by atoms with E-state index >= 15 is 0 Å². The lowest BCUT2D eigenvalue weighted by atomic mass is 9.84. The molecular weight excluding hydrogens is 276 g/mol. The van der Waals surface area contributed by atoms with E-state index in [1.54, 1.807) is 13.0 Å². The second-order valence-electron chi connectivity index (χ2n) is 5.15. The van der Waals surface area contributed by atoms with Gasteiger partial charge in [-0.05, 0) is 19.4 Å². The van der Waals surface area contributed by atoms with Crippen LogP contribution in [0, 0.1) is 16.0 Å². The number of esters is 1. The van der Waals surface area contributed by atoms with Crippen molar-refractivity contribution >= 4 is 17.3 Å². The first-order valence-electron chi connectivity index (χ1n) is 6.95. The Hall–Kier alpha value is -2.15. The van der Waals surface area contributed by atoms with Crippen molar-refractivity contribution in [3.05, 3.63) is 33.9 Å². The van der Waals surface area contributed by atoms with E-state index in [2.05, 4.69) is 5.32 Å². The number of hydrogen-bond donors (Lipinski definition) is 1. The van der Waals surface area contributed by atoms with Crippen molar-refractivity contribution in [1.29, 1.82) is 0 Å². The molecule has 2 aliphatic heterocycles. The maximum absolute atomic E-state index is 12.1. The zero-order valence-corrected chi connectivity index (χ0v) is 11.6. The number of anilines is 1. The lowest BCUT2D eigenvalue weighted by molar-refractivity contribution is -0.385. The molecule has 7 nitrogen and oxygen atoms in total. The van der Waals surface area contributed by atoms with E-state index < -0.39 is 11.0 Å². The van der Waals surface area contributed by atoms with Gasteiger partial charge in [-0.2, -0.15) is 0 Å². The van der Waals surface area contributed by atoms with E-state index in [0.29, 0.717) is 18.9 Å². The van der Waals surface area contributed by atoms with Gasteiger partial charge in [0.15, 0.2) is 0 Å². The van der Waals surface area contributed by atoms with Crippen LogP contribution in [0.5, 0.6) is 0 Å². The quantitative estimate of drug-likeness (QED) is 0.521. The third kappa shape index (κ3) is 2.33. The number of nitrogens with zero attached hydrogens (tertiary/aromatic N) is 1. The van der Waals surface area contributed by atoms with Gasteiger partial charge in [0.25, 0.3) is 5.69 Å². The molecule has 112 valence electrons. The summed E-state index contributed by atoms with van der Waals surface area (Å²) in [4.78, 5) is 22.6. The summed E-state index contributed by atoms with van der Waals surface area (Å²) in [6.07, 6.45) is 0.430. The van der Waals surface area contributed by atoms with Crippen LogP contribution in [0.15, 0.2) is 18.2 Å². The minimum Gasteiger partial charge on any atom is -0.464 e. The second-order valence-corrected chi connectivity index (χ2v) is 5.15. The molecule has 2 aliphatic rings. The third-order valence-corrected chi connectivity index (χ3v) is 3.97. The van der Waals surface area contributed by atoms with E-state index in [-0.39, 0.29) is 23.7 Å². The number of ether oxygens (including phenoxy) is 2. The highest BCUT2D eigenvalue weighted by Gasteiger charge is 2.45. The number of fused-ring (bicyclic) bond motifs is 3. The normalized spacial score (nSPS) is 26.4. The molecule has 0 aromatic heterocycles. The van der Waals surface area contributed by atoms with Gasteiger partial charge in [0.1, 0.15) is 6.04 Å². The maximum atomic E-state index is 12.1. The highest BCUT2D eigenvalue weighted by atomic mass is 16.6. The molecule has 1 N–H and O–H groups in total. The summed E-state index contributed by atoms with van der Waals surface area (Å²) in [5.41, 5.74) is 1.47. The minimum absolute atomic E-state index is 0.0272. The standard InChI is InChI=1S/C14H16N2O5/c1-2-20-14(17)12-9-5-6-21-13(9)10-7-8(16(18)19)3-4-11(10)15-12/h3-4,7,9,12-13,15H,2,5-6H2,1H3. The van der Waals surface area contributed by atoms with Crippen LogP contribution in [0.4, 0.5) is 11.4 Å². The van der Waals surface area contributed by atoms with E-state index in [1.165, 1.54) is 12.1 Å². The van der Waals surface area contributed by atoms with Gasteiger partial charge in [0.2, 0.25) is 0 Å². The zero-order valence-electron chi connectivity index (χ0n) is 11.6. The summed E-state index contributed by atoms with van der Waals surface area (Å²) < 4.78 is 10.8. The fourth-order valence-corrected chi connectivity index (χ4v) is 3.04. The molecule has 3 atom stereocenters. The fraction of sp³-hybridized carbons (Fsp3) is 0.500. The van der Waals surface area contributed by atoms with E-state index in [1.807, 2.05) is 0 Å². The van der Waals surface area contributed by atoms with Crippen molar-refractivity contribution in [2.45, 2.75) is 25.5 Å². The Balaban J connectivity index is 1.97. The maximum Gasteiger partial charge on any atom is 0.328 e. The summed E-state index contributed by atoms with van der Waals surface area (Å²) in [6.45, 7) is 2.62. The first-order valence-corrected chi connectivity index (χ1v) is 6.95. The number of nitro benzene ring substituents is 1. The van der Waals surface area contributed by atoms with Crippen LogP contribution in [0.1, 0.15) is 25.0 Å². The van der Waals surface area contributed by atoms with Gasteiger partial charge in [0, 0.05) is 35.9 Å². The number of carbonyl (C=O) groups excluding carboxylic acids is 1. The second kappa shape index (κ2) is 5.33. The molecule has 0 bridgehead atoms. The SMILES string of the molecule is CCOC(=O)C1Nc2ccc([N+](=O)[O-])cc2C2OCCC12. The smallest absolute Gasteiger partial charge is 0.328 e. The average molecular weight is 292 g/mol. The number of nitrogens with one attached hydrogen (secondary N) is 1. The van der Waals surface area contributed by atoms with Gasteiger partial charge in [-0.25, -0.2) is 4.79 Å². The molecule has 0 saturated carbocycles. The molecule has 1 aromatic rings. The van der Waals surface area contributed by atoms with Crippen molar-refractivity contribution in [3.8, 4) is 0 Å². The monoisotopic (exact) mass is 292 g/mol. The van der Waals surface area contributed by atoms with Crippen LogP contribution in [0.2, 0.25) is 0 Å². The Morgan fingerprint density at radius 1 is 1.57 bits per heavy atom. The van der Waals surface area contributed by atoms with Gasteiger partial charge in [-0.3, -0.25) is 10.1 Å². The average Bonchev–Trinajstić information content (AvgIpc) is 2.95. The molecule has 0 spiro atoms. The molecule has 2 heterocycles. The van der Waals surface area contributed by atoms with E-state index in [0.717, 1.165) is 12.0 Å². The molecule has 21 heavy (non-hydrogen) atoms. The molecule has 0 amide bonds. The highest BCUT2D eigenvalue weighted by molar-refractivity contribution is 5.82. The molecular formula is C14H16N2O5. The molecule has 0 radical (unpaired) electrons. The molecule has 1 aromatic carbocycles. The first-order chi connectivity index (χ1) is 10.1. The Morgan fingerprint density at radius 2 is 2.38 bits per heavy atom. The molecule has 3 rings (SSSR count). The number of non-ortho nitro benzene ring substituents is 1. The first kappa shape index (κ1) is 13.8. The van der Waals surface area contributed by atoms with Crippen LogP contribution in [-0.2, 0) is 14.3 Å². The summed E-state index contributed by atoms with van der Waals surface area (Å²) in [7, 11) is 0. The van der Waals surface area contributed by atoms with Crippen molar-refractivity contribution in [1.82, 2.24) is 0 Å². The van der Waals surface area contributed by atoms with Crippen LogP contribution < -0.4 is 5.32 Å². The summed E-state index contributed by atoms with van der Waals surface area (Å²) in [5.74, 6) is -0.361. The number of hydrogen-bond acceptors (Lipinski definition) is 6. The number of benzene rings is 1. The fourth-order valence-electron chi connectivity index (χ4n) is 3.04. The van der Waals surface area contributed by atoms with Crippen molar-refractivity contribution in [2.24, 2.45) is 5.92 Å². The lowest BCUT2D eigenvalue weighted by Crippen LogP contribution is -2.43. The number of nitro groups is 1. The van der Waals surface area contributed by atoms with Crippen molar-refractivity contribution < 1.29 is 19.2 Å².